The fraction of sp³-hybridized carbons (Fsp3) is 0.429. The van der Waals surface area contributed by atoms with Crippen LogP contribution in [-0.4, -0.2) is 56.9 Å². The van der Waals surface area contributed by atoms with Crippen LogP contribution in [0.4, 0.5) is 0 Å². The van der Waals surface area contributed by atoms with Crippen molar-refractivity contribution in [3.05, 3.63) is 41.3 Å². The highest BCUT2D eigenvalue weighted by Crippen LogP contribution is 2.39. The zero-order valence-electron chi connectivity index (χ0n) is 17.6. The Morgan fingerprint density at radius 1 is 1.20 bits per heavy atom. The number of aromatic nitrogens is 4. The summed E-state index contributed by atoms with van der Waals surface area (Å²) in [6, 6.07) is 7.59. The molecule has 158 valence electrons. The van der Waals surface area contributed by atoms with E-state index in [2.05, 4.69) is 15.2 Å². The van der Waals surface area contributed by atoms with Gasteiger partial charge in [0.15, 0.2) is 10.8 Å². The molecule has 30 heavy (non-hydrogen) atoms. The number of thioether (sulfide) groups is 1. The first-order valence-electron chi connectivity index (χ1n) is 9.85. The van der Waals surface area contributed by atoms with Crippen molar-refractivity contribution in [3.63, 3.8) is 0 Å². The van der Waals surface area contributed by atoms with E-state index in [1.807, 2.05) is 47.4 Å². The highest BCUT2D eigenvalue weighted by molar-refractivity contribution is 7.99. The Hall–Kier alpha value is -2.81. The van der Waals surface area contributed by atoms with E-state index < -0.39 is 0 Å². The van der Waals surface area contributed by atoms with Gasteiger partial charge in [0.2, 0.25) is 5.91 Å². The summed E-state index contributed by atoms with van der Waals surface area (Å²) >= 11 is 1.39. The minimum absolute atomic E-state index is 0.0238. The molecular formula is C21H25N5O3S. The number of ether oxygens (including phenoxy) is 2. The standard InChI is InChI=1S/C21H25N5O3S/c1-13-10-19-23-24-21(26(19)14(2)22-13)30-12-20(27)25-9-5-6-17(25)16-11-15(28-3)7-8-18(16)29-4/h7-8,10-11,17H,5-6,9,12H2,1-4H3. The summed E-state index contributed by atoms with van der Waals surface area (Å²) in [5.74, 6) is 2.70. The van der Waals surface area contributed by atoms with Gasteiger partial charge in [-0.15, -0.1) is 10.2 Å². The Bertz CT molecular complexity index is 1080. The van der Waals surface area contributed by atoms with Crippen LogP contribution in [0.5, 0.6) is 11.5 Å². The Balaban J connectivity index is 1.53. The number of rotatable bonds is 6. The van der Waals surface area contributed by atoms with Gasteiger partial charge >= 0.3 is 0 Å². The van der Waals surface area contributed by atoms with E-state index in [1.54, 1.807) is 14.2 Å². The Labute approximate surface area is 179 Å². The monoisotopic (exact) mass is 427 g/mol. The van der Waals surface area contributed by atoms with Gasteiger partial charge in [-0.1, -0.05) is 11.8 Å². The average molecular weight is 428 g/mol. The lowest BCUT2D eigenvalue weighted by molar-refractivity contribution is -0.129. The predicted molar refractivity (Wildman–Crippen MR) is 114 cm³/mol. The lowest BCUT2D eigenvalue weighted by atomic mass is 10.0. The van der Waals surface area contributed by atoms with Crippen molar-refractivity contribution in [2.45, 2.75) is 37.9 Å². The number of hydrogen-bond donors (Lipinski definition) is 0. The van der Waals surface area contributed by atoms with Crippen LogP contribution < -0.4 is 9.47 Å². The second-order valence-corrected chi connectivity index (χ2v) is 8.21. The van der Waals surface area contributed by atoms with Crippen LogP contribution in [-0.2, 0) is 4.79 Å². The molecule has 1 fully saturated rings. The van der Waals surface area contributed by atoms with Crippen LogP contribution in [0.1, 0.15) is 36.0 Å². The third-order valence-corrected chi connectivity index (χ3v) is 6.27. The Morgan fingerprint density at radius 3 is 2.80 bits per heavy atom. The molecule has 0 radical (unpaired) electrons. The fourth-order valence-electron chi connectivity index (χ4n) is 3.99. The molecule has 1 saturated heterocycles. The number of likely N-dealkylation sites (tertiary alicyclic amines) is 1. The van der Waals surface area contributed by atoms with Gasteiger partial charge in [0.05, 0.1) is 26.0 Å². The van der Waals surface area contributed by atoms with E-state index in [4.69, 9.17) is 9.47 Å². The zero-order valence-corrected chi connectivity index (χ0v) is 18.4. The average Bonchev–Trinajstić information content (AvgIpc) is 3.38. The minimum Gasteiger partial charge on any atom is -0.497 e. The third-order valence-electron chi connectivity index (χ3n) is 5.35. The molecule has 0 aliphatic carbocycles. The lowest BCUT2D eigenvalue weighted by Gasteiger charge is -2.26. The van der Waals surface area contributed by atoms with Gasteiger partial charge in [0, 0.05) is 23.9 Å². The van der Waals surface area contributed by atoms with E-state index in [0.717, 1.165) is 53.6 Å². The number of carbonyl (C=O) groups is 1. The van der Waals surface area contributed by atoms with Gasteiger partial charge in [0.25, 0.3) is 0 Å². The van der Waals surface area contributed by atoms with Crippen molar-refractivity contribution >= 4 is 23.3 Å². The SMILES string of the molecule is COc1ccc(OC)c(C2CCCN2C(=O)CSc2nnc3cc(C)nc(C)n23)c1. The first-order valence-corrected chi connectivity index (χ1v) is 10.8. The molecule has 1 atom stereocenters. The number of amides is 1. The van der Waals surface area contributed by atoms with E-state index in [0.29, 0.717) is 5.16 Å². The molecule has 1 amide bonds. The van der Waals surface area contributed by atoms with E-state index >= 15 is 0 Å². The first-order chi connectivity index (χ1) is 14.5. The molecule has 1 aliphatic heterocycles. The zero-order chi connectivity index (χ0) is 21.3. The largest absolute Gasteiger partial charge is 0.497 e. The number of methoxy groups -OCH3 is 2. The lowest BCUT2D eigenvalue weighted by Crippen LogP contribution is -2.32. The van der Waals surface area contributed by atoms with E-state index in [-0.39, 0.29) is 17.7 Å². The van der Waals surface area contributed by atoms with Crippen molar-refractivity contribution in [3.8, 4) is 11.5 Å². The smallest absolute Gasteiger partial charge is 0.233 e. The number of aryl methyl sites for hydroxylation is 2. The normalized spacial score (nSPS) is 16.3. The third kappa shape index (κ3) is 3.81. The van der Waals surface area contributed by atoms with Gasteiger partial charge in [-0.2, -0.15) is 0 Å². The number of hydrogen-bond acceptors (Lipinski definition) is 7. The first kappa shape index (κ1) is 20.5. The van der Waals surface area contributed by atoms with E-state index in [9.17, 15) is 4.79 Å². The fourth-order valence-corrected chi connectivity index (χ4v) is 4.87. The maximum absolute atomic E-state index is 13.1. The summed E-state index contributed by atoms with van der Waals surface area (Å²) in [7, 11) is 3.29. The van der Waals surface area contributed by atoms with Gasteiger partial charge in [-0.3, -0.25) is 9.20 Å². The van der Waals surface area contributed by atoms with Crippen molar-refractivity contribution in [2.75, 3.05) is 26.5 Å². The molecule has 0 N–H and O–H groups in total. The molecule has 3 heterocycles. The molecule has 3 aromatic rings. The number of benzene rings is 1. The van der Waals surface area contributed by atoms with Crippen LogP contribution in [0.2, 0.25) is 0 Å². The quantitative estimate of drug-likeness (QED) is 0.559. The molecule has 1 unspecified atom stereocenters. The molecule has 9 heteroatoms. The van der Waals surface area contributed by atoms with Crippen molar-refractivity contribution in [1.82, 2.24) is 24.5 Å². The topological polar surface area (TPSA) is 81.9 Å². The minimum atomic E-state index is -0.0238. The van der Waals surface area contributed by atoms with Crippen molar-refractivity contribution < 1.29 is 14.3 Å². The molecule has 8 nitrogen and oxygen atoms in total. The summed E-state index contributed by atoms with van der Waals surface area (Å²) in [4.78, 5) is 19.5. The van der Waals surface area contributed by atoms with Crippen LogP contribution in [0.25, 0.3) is 5.65 Å². The molecule has 1 aromatic carbocycles. The van der Waals surface area contributed by atoms with Crippen LogP contribution >= 0.6 is 11.8 Å². The van der Waals surface area contributed by atoms with Gasteiger partial charge < -0.3 is 14.4 Å². The van der Waals surface area contributed by atoms with E-state index in [1.165, 1.54) is 11.8 Å². The second-order valence-electron chi connectivity index (χ2n) is 7.26. The Morgan fingerprint density at radius 2 is 2.03 bits per heavy atom. The predicted octanol–water partition coefficient (Wildman–Crippen LogP) is 3.21. The highest BCUT2D eigenvalue weighted by Gasteiger charge is 2.32. The summed E-state index contributed by atoms with van der Waals surface area (Å²) in [6.07, 6.45) is 1.85. The van der Waals surface area contributed by atoms with Crippen LogP contribution in [0.3, 0.4) is 0 Å². The number of fused-ring (bicyclic) bond motifs is 1. The summed E-state index contributed by atoms with van der Waals surface area (Å²) in [6.45, 7) is 4.57. The maximum atomic E-state index is 13.1. The molecule has 1 aliphatic rings. The summed E-state index contributed by atoms with van der Waals surface area (Å²) in [5, 5.41) is 9.15. The summed E-state index contributed by atoms with van der Waals surface area (Å²) < 4.78 is 12.8. The highest BCUT2D eigenvalue weighted by atomic mass is 32.2. The molecule has 4 rings (SSSR count). The van der Waals surface area contributed by atoms with Crippen LogP contribution in [0.15, 0.2) is 29.4 Å². The number of nitrogens with zero attached hydrogens (tertiary/aromatic N) is 5. The van der Waals surface area contributed by atoms with Crippen LogP contribution in [0, 0.1) is 13.8 Å². The molecule has 0 spiro atoms. The number of carbonyl (C=O) groups excluding carboxylic acids is 1. The molecule has 0 bridgehead atoms. The summed E-state index contributed by atoms with van der Waals surface area (Å²) in [5.41, 5.74) is 2.62. The maximum Gasteiger partial charge on any atom is 0.233 e. The molecular weight excluding hydrogens is 402 g/mol. The van der Waals surface area contributed by atoms with Gasteiger partial charge in [0.1, 0.15) is 17.3 Å². The molecule has 2 aromatic heterocycles. The Kier molecular flexibility index (Phi) is 5.80. The van der Waals surface area contributed by atoms with Gasteiger partial charge in [-0.05, 0) is 44.9 Å². The second kappa shape index (κ2) is 8.51. The van der Waals surface area contributed by atoms with Crippen molar-refractivity contribution in [2.24, 2.45) is 0 Å². The van der Waals surface area contributed by atoms with Crippen molar-refractivity contribution in [1.29, 1.82) is 0 Å². The van der Waals surface area contributed by atoms with Gasteiger partial charge in [-0.25, -0.2) is 4.98 Å². The molecule has 0 saturated carbocycles.